The average molecular weight is 423 g/mol. The minimum atomic E-state index is -0.0514. The van der Waals surface area contributed by atoms with Crippen LogP contribution in [0.5, 0.6) is 11.5 Å². The largest absolute Gasteiger partial charge is 0.493 e. The highest BCUT2D eigenvalue weighted by Crippen LogP contribution is 2.34. The van der Waals surface area contributed by atoms with Crippen molar-refractivity contribution < 1.29 is 18.7 Å². The number of hydrogen-bond donors (Lipinski definition) is 1. The molecule has 9 heteroatoms. The van der Waals surface area contributed by atoms with Gasteiger partial charge in [0.1, 0.15) is 17.3 Å². The maximum atomic E-state index is 12.5. The summed E-state index contributed by atoms with van der Waals surface area (Å²) in [6, 6.07) is 7.26. The first-order valence-corrected chi connectivity index (χ1v) is 9.96. The van der Waals surface area contributed by atoms with Crippen molar-refractivity contribution in [1.82, 2.24) is 14.9 Å². The van der Waals surface area contributed by atoms with E-state index < -0.39 is 0 Å². The number of aromatic nitrogens is 2. The number of amides is 1. The number of methoxy groups -OCH3 is 2. The first kappa shape index (κ1) is 20.5. The van der Waals surface area contributed by atoms with Crippen molar-refractivity contribution in [2.24, 2.45) is 0 Å². The van der Waals surface area contributed by atoms with Crippen LogP contribution >= 0.6 is 0 Å². The number of nitrogens with two attached hydrogens (primary N) is 1. The molecule has 1 aromatic carbocycles. The van der Waals surface area contributed by atoms with Gasteiger partial charge in [0, 0.05) is 43.7 Å². The molecular formula is C22H25N5O4. The van der Waals surface area contributed by atoms with E-state index in [-0.39, 0.29) is 5.91 Å². The third-order valence-corrected chi connectivity index (χ3v) is 5.24. The molecule has 2 N–H and O–H groups in total. The van der Waals surface area contributed by atoms with Crippen molar-refractivity contribution in [2.75, 3.05) is 51.0 Å². The fourth-order valence-corrected chi connectivity index (χ4v) is 3.54. The quantitative estimate of drug-likeness (QED) is 0.624. The van der Waals surface area contributed by atoms with E-state index in [0.29, 0.717) is 66.1 Å². The Kier molecular flexibility index (Phi) is 5.66. The minimum absolute atomic E-state index is 0.0514. The maximum Gasteiger partial charge on any atom is 0.246 e. The van der Waals surface area contributed by atoms with E-state index >= 15 is 0 Å². The first-order valence-electron chi connectivity index (χ1n) is 9.96. The lowest BCUT2D eigenvalue weighted by atomic mass is 10.2. The number of aryl methyl sites for hydroxylation is 1. The number of benzene rings is 1. The van der Waals surface area contributed by atoms with Crippen LogP contribution in [0.1, 0.15) is 11.5 Å². The molecule has 0 radical (unpaired) electrons. The lowest BCUT2D eigenvalue weighted by Gasteiger charge is -2.34. The number of nitrogens with zero attached hydrogens (tertiary/aromatic N) is 4. The van der Waals surface area contributed by atoms with Gasteiger partial charge in [-0.2, -0.15) is 4.98 Å². The van der Waals surface area contributed by atoms with Crippen LogP contribution in [0.25, 0.3) is 17.0 Å². The molecule has 4 rings (SSSR count). The van der Waals surface area contributed by atoms with Crippen LogP contribution in [-0.4, -0.2) is 61.2 Å². The molecule has 1 aliphatic rings. The molecule has 0 aliphatic carbocycles. The molecule has 1 aliphatic heterocycles. The van der Waals surface area contributed by atoms with Crippen LogP contribution in [-0.2, 0) is 4.79 Å². The molecule has 1 saturated heterocycles. The van der Waals surface area contributed by atoms with Crippen molar-refractivity contribution in [2.45, 2.75) is 6.92 Å². The number of ether oxygens (including phenoxy) is 2. The van der Waals surface area contributed by atoms with Gasteiger partial charge in [-0.15, -0.1) is 0 Å². The third kappa shape index (κ3) is 4.25. The summed E-state index contributed by atoms with van der Waals surface area (Å²) in [4.78, 5) is 25.4. The number of rotatable bonds is 5. The minimum Gasteiger partial charge on any atom is -0.493 e. The van der Waals surface area contributed by atoms with Crippen molar-refractivity contribution in [1.29, 1.82) is 0 Å². The fourth-order valence-electron chi connectivity index (χ4n) is 3.54. The second-order valence-electron chi connectivity index (χ2n) is 7.23. The number of anilines is 2. The number of carbonyl (C=O) groups excluding carboxylic acids is 1. The molecule has 31 heavy (non-hydrogen) atoms. The molecule has 0 unspecified atom stereocenters. The Morgan fingerprint density at radius 3 is 2.45 bits per heavy atom. The van der Waals surface area contributed by atoms with E-state index in [9.17, 15) is 4.79 Å². The molecule has 0 bridgehead atoms. The monoisotopic (exact) mass is 423 g/mol. The van der Waals surface area contributed by atoms with E-state index in [1.54, 1.807) is 37.3 Å². The van der Waals surface area contributed by atoms with Gasteiger partial charge in [0.2, 0.25) is 11.9 Å². The SMILES string of the molecule is COc1cc2nc(N3CCN(C(=O)/C=C/c4ccc(C)o4)CC3)nc(N)c2cc1OC. The summed E-state index contributed by atoms with van der Waals surface area (Å²) < 4.78 is 16.2. The second kappa shape index (κ2) is 8.55. The van der Waals surface area contributed by atoms with Gasteiger partial charge in [-0.3, -0.25) is 4.79 Å². The first-order chi connectivity index (χ1) is 15.0. The smallest absolute Gasteiger partial charge is 0.246 e. The summed E-state index contributed by atoms with van der Waals surface area (Å²) in [7, 11) is 3.15. The Morgan fingerprint density at radius 1 is 1.10 bits per heavy atom. The third-order valence-electron chi connectivity index (χ3n) is 5.24. The van der Waals surface area contributed by atoms with Crippen LogP contribution in [0.2, 0.25) is 0 Å². The van der Waals surface area contributed by atoms with Crippen molar-refractivity contribution in [3.8, 4) is 11.5 Å². The van der Waals surface area contributed by atoms with Crippen molar-refractivity contribution in [3.63, 3.8) is 0 Å². The zero-order chi connectivity index (χ0) is 22.0. The predicted molar refractivity (Wildman–Crippen MR) is 118 cm³/mol. The van der Waals surface area contributed by atoms with Crippen molar-refractivity contribution >= 4 is 34.7 Å². The van der Waals surface area contributed by atoms with E-state index in [1.165, 1.54) is 6.08 Å². The number of piperazine rings is 1. The highest BCUT2D eigenvalue weighted by atomic mass is 16.5. The highest BCUT2D eigenvalue weighted by molar-refractivity contribution is 5.92. The van der Waals surface area contributed by atoms with E-state index in [2.05, 4.69) is 9.97 Å². The van der Waals surface area contributed by atoms with E-state index in [4.69, 9.17) is 19.6 Å². The van der Waals surface area contributed by atoms with Gasteiger partial charge in [0.05, 0.1) is 19.7 Å². The van der Waals surface area contributed by atoms with Crippen LogP contribution in [0.4, 0.5) is 11.8 Å². The van der Waals surface area contributed by atoms with Gasteiger partial charge in [-0.25, -0.2) is 4.98 Å². The van der Waals surface area contributed by atoms with Gasteiger partial charge in [-0.1, -0.05) is 0 Å². The summed E-state index contributed by atoms with van der Waals surface area (Å²) in [6.45, 7) is 4.21. The van der Waals surface area contributed by atoms with Crippen LogP contribution in [0.15, 0.2) is 34.8 Å². The Bertz CT molecular complexity index is 1130. The lowest BCUT2D eigenvalue weighted by Crippen LogP contribution is -2.48. The summed E-state index contributed by atoms with van der Waals surface area (Å²) >= 11 is 0. The Balaban J connectivity index is 1.46. The molecule has 0 atom stereocenters. The molecule has 2 aromatic heterocycles. The fraction of sp³-hybridized carbons (Fsp3) is 0.318. The molecule has 0 saturated carbocycles. The number of carbonyl (C=O) groups is 1. The van der Waals surface area contributed by atoms with Crippen LogP contribution < -0.4 is 20.1 Å². The van der Waals surface area contributed by atoms with E-state index in [1.807, 2.05) is 24.0 Å². The topological polar surface area (TPSA) is 107 Å². The predicted octanol–water partition coefficient (Wildman–Crippen LogP) is 2.49. The average Bonchev–Trinajstić information content (AvgIpc) is 3.21. The zero-order valence-corrected chi connectivity index (χ0v) is 17.8. The van der Waals surface area contributed by atoms with Gasteiger partial charge in [0.15, 0.2) is 11.5 Å². The lowest BCUT2D eigenvalue weighted by molar-refractivity contribution is -0.126. The maximum absolute atomic E-state index is 12.5. The normalized spacial score (nSPS) is 14.4. The zero-order valence-electron chi connectivity index (χ0n) is 17.8. The van der Waals surface area contributed by atoms with Gasteiger partial charge < -0.3 is 29.4 Å². The molecule has 3 heterocycles. The van der Waals surface area contributed by atoms with Crippen LogP contribution in [0, 0.1) is 6.92 Å². The Morgan fingerprint density at radius 2 is 1.81 bits per heavy atom. The molecular weight excluding hydrogens is 398 g/mol. The molecule has 1 amide bonds. The number of hydrogen-bond acceptors (Lipinski definition) is 8. The molecule has 9 nitrogen and oxygen atoms in total. The summed E-state index contributed by atoms with van der Waals surface area (Å²) in [5, 5.41) is 0.702. The van der Waals surface area contributed by atoms with Gasteiger partial charge in [0.25, 0.3) is 0 Å². The second-order valence-corrected chi connectivity index (χ2v) is 7.23. The van der Waals surface area contributed by atoms with Crippen molar-refractivity contribution in [3.05, 3.63) is 41.9 Å². The molecule has 3 aromatic rings. The summed E-state index contributed by atoms with van der Waals surface area (Å²) in [5.74, 6) is 3.48. The highest BCUT2D eigenvalue weighted by Gasteiger charge is 2.22. The number of furan rings is 1. The molecule has 162 valence electrons. The summed E-state index contributed by atoms with van der Waals surface area (Å²) in [6.07, 6.45) is 3.23. The molecule has 1 fully saturated rings. The number of fused-ring (bicyclic) bond motifs is 1. The Labute approximate surface area is 180 Å². The van der Waals surface area contributed by atoms with Gasteiger partial charge in [-0.05, 0) is 31.2 Å². The standard InChI is InChI=1S/C22H25N5O4/c1-14-4-5-15(31-14)6-7-20(28)26-8-10-27(11-9-26)22-24-17-13-19(30-3)18(29-2)12-16(17)21(23)25-22/h4-7,12-13H,8-11H2,1-3H3,(H2,23,24,25)/b7-6+. The number of nitrogen functional groups attached to an aromatic ring is 1. The summed E-state index contributed by atoms with van der Waals surface area (Å²) in [5.41, 5.74) is 6.87. The van der Waals surface area contributed by atoms with Crippen LogP contribution in [0.3, 0.4) is 0 Å². The Hall–Kier alpha value is -3.75. The van der Waals surface area contributed by atoms with E-state index in [0.717, 1.165) is 5.76 Å². The molecule has 0 spiro atoms. The van der Waals surface area contributed by atoms with Gasteiger partial charge >= 0.3 is 0 Å².